The van der Waals surface area contributed by atoms with Crippen molar-refractivity contribution in [1.82, 2.24) is 9.78 Å². The fourth-order valence-corrected chi connectivity index (χ4v) is 4.86. The summed E-state index contributed by atoms with van der Waals surface area (Å²) in [6.45, 7) is 1.79. The Morgan fingerprint density at radius 2 is 1.83 bits per heavy atom. The molecule has 1 aliphatic heterocycles. The van der Waals surface area contributed by atoms with Gasteiger partial charge in [-0.05, 0) is 49.4 Å². The molecule has 9 heteroatoms. The number of anilines is 1. The number of para-hydroxylation sites is 1. The molecule has 7 nitrogen and oxygen atoms in total. The molecule has 0 aliphatic carbocycles. The standard InChI is InChI=1S/C20H19N3O4S2/c1-13-16(11-12-19-22(2)17-5-3-4-6-18(17)28-19)20(24)23(21-13)14-7-9-15(10-8-14)29(25,26)27/h3-12,19,24H,1-2H3,(H,25,26,27)/b12-11-. The number of rotatable bonds is 4. The average Bonchev–Trinajstić information content (AvgIpc) is 3.16. The van der Waals surface area contributed by atoms with Gasteiger partial charge in [-0.3, -0.25) is 4.55 Å². The third kappa shape index (κ3) is 3.64. The summed E-state index contributed by atoms with van der Waals surface area (Å²) in [4.78, 5) is 3.16. The first-order valence-electron chi connectivity index (χ1n) is 8.79. The number of nitrogens with zero attached hydrogens (tertiary/aromatic N) is 3. The van der Waals surface area contributed by atoms with E-state index in [4.69, 9.17) is 4.55 Å². The molecule has 1 atom stereocenters. The van der Waals surface area contributed by atoms with Crippen molar-refractivity contribution in [3.63, 3.8) is 0 Å². The second kappa shape index (κ2) is 7.25. The van der Waals surface area contributed by atoms with Crippen molar-refractivity contribution < 1.29 is 18.1 Å². The Morgan fingerprint density at radius 3 is 2.48 bits per heavy atom. The maximum atomic E-state index is 11.2. The average molecular weight is 430 g/mol. The van der Waals surface area contributed by atoms with Gasteiger partial charge in [-0.1, -0.05) is 30.0 Å². The second-order valence-electron chi connectivity index (χ2n) is 6.65. The van der Waals surface area contributed by atoms with Crippen molar-refractivity contribution in [3.8, 4) is 11.6 Å². The Hall–Kier alpha value is -2.75. The minimum Gasteiger partial charge on any atom is -0.493 e. The Kier molecular flexibility index (Phi) is 4.89. The smallest absolute Gasteiger partial charge is 0.294 e. The van der Waals surface area contributed by atoms with Crippen molar-refractivity contribution >= 4 is 33.6 Å². The van der Waals surface area contributed by atoms with Gasteiger partial charge in [0, 0.05) is 11.9 Å². The maximum Gasteiger partial charge on any atom is 0.294 e. The number of likely N-dealkylation sites (N-methyl/N-ethyl adjacent to an activating group) is 1. The molecule has 1 aromatic heterocycles. The van der Waals surface area contributed by atoms with Gasteiger partial charge in [-0.25, -0.2) is 4.68 Å². The summed E-state index contributed by atoms with van der Waals surface area (Å²) in [7, 11) is -2.24. The summed E-state index contributed by atoms with van der Waals surface area (Å²) >= 11 is 1.73. The molecule has 1 unspecified atom stereocenters. The van der Waals surface area contributed by atoms with E-state index in [9.17, 15) is 13.5 Å². The number of fused-ring (bicyclic) bond motifs is 1. The second-order valence-corrected chi connectivity index (χ2v) is 9.23. The molecule has 3 aromatic rings. The van der Waals surface area contributed by atoms with Crippen molar-refractivity contribution in [2.45, 2.75) is 22.1 Å². The van der Waals surface area contributed by atoms with Crippen LogP contribution in [0, 0.1) is 6.92 Å². The van der Waals surface area contributed by atoms with Crippen LogP contribution in [0.15, 0.2) is 64.4 Å². The third-order valence-corrected chi connectivity index (χ3v) is 6.94. The highest BCUT2D eigenvalue weighted by atomic mass is 32.2. The van der Waals surface area contributed by atoms with Gasteiger partial charge in [0.05, 0.1) is 32.9 Å². The van der Waals surface area contributed by atoms with Gasteiger partial charge in [-0.15, -0.1) is 0 Å². The molecule has 0 saturated heterocycles. The molecular formula is C20H19N3O4S2. The van der Waals surface area contributed by atoms with Crippen LogP contribution in [0.1, 0.15) is 11.3 Å². The van der Waals surface area contributed by atoms with Crippen molar-refractivity contribution in [3.05, 3.63) is 65.9 Å². The number of aromatic hydroxyl groups is 1. The van der Waals surface area contributed by atoms with Gasteiger partial charge in [0.25, 0.3) is 10.1 Å². The molecule has 0 spiro atoms. The highest BCUT2D eigenvalue weighted by molar-refractivity contribution is 8.00. The van der Waals surface area contributed by atoms with Crippen LogP contribution in [0.4, 0.5) is 5.69 Å². The van der Waals surface area contributed by atoms with E-state index in [-0.39, 0.29) is 16.1 Å². The molecule has 4 rings (SSSR count). The van der Waals surface area contributed by atoms with E-state index >= 15 is 0 Å². The van der Waals surface area contributed by atoms with Crippen LogP contribution in [0.25, 0.3) is 11.8 Å². The molecular weight excluding hydrogens is 410 g/mol. The largest absolute Gasteiger partial charge is 0.493 e. The maximum absolute atomic E-state index is 11.2. The van der Waals surface area contributed by atoms with E-state index in [1.807, 2.05) is 31.3 Å². The van der Waals surface area contributed by atoms with Crippen LogP contribution >= 0.6 is 11.8 Å². The number of hydrogen-bond acceptors (Lipinski definition) is 6. The number of benzene rings is 2. The summed E-state index contributed by atoms with van der Waals surface area (Å²) in [5, 5.41) is 15.1. The predicted octanol–water partition coefficient (Wildman–Crippen LogP) is 3.71. The number of hydrogen-bond donors (Lipinski definition) is 2. The highest BCUT2D eigenvalue weighted by Gasteiger charge is 2.25. The molecule has 0 radical (unpaired) electrons. The zero-order chi connectivity index (χ0) is 20.8. The number of thioether (sulfide) groups is 1. The van der Waals surface area contributed by atoms with Crippen LogP contribution < -0.4 is 4.90 Å². The lowest BCUT2D eigenvalue weighted by atomic mass is 10.2. The van der Waals surface area contributed by atoms with Crippen LogP contribution in [0.2, 0.25) is 0 Å². The summed E-state index contributed by atoms with van der Waals surface area (Å²) in [6, 6.07) is 13.7. The number of aryl methyl sites for hydroxylation is 1. The Balaban J connectivity index is 1.61. The molecule has 0 bridgehead atoms. The van der Waals surface area contributed by atoms with E-state index in [1.54, 1.807) is 18.7 Å². The molecule has 29 heavy (non-hydrogen) atoms. The fraction of sp³-hybridized carbons (Fsp3) is 0.150. The molecule has 2 aromatic carbocycles. The van der Waals surface area contributed by atoms with Crippen LogP contribution in [-0.2, 0) is 10.1 Å². The number of aromatic nitrogens is 2. The third-order valence-electron chi connectivity index (χ3n) is 4.76. The summed E-state index contributed by atoms with van der Waals surface area (Å²) < 4.78 is 32.8. The van der Waals surface area contributed by atoms with Crippen molar-refractivity contribution in [1.29, 1.82) is 0 Å². The predicted molar refractivity (Wildman–Crippen MR) is 113 cm³/mol. The first kappa shape index (κ1) is 19.6. The monoisotopic (exact) mass is 429 g/mol. The van der Waals surface area contributed by atoms with Gasteiger partial charge in [0.1, 0.15) is 0 Å². The van der Waals surface area contributed by atoms with E-state index in [1.165, 1.54) is 39.5 Å². The SMILES string of the molecule is Cc1nn(-c2ccc(S(=O)(=O)O)cc2)c(O)c1/C=C\C1Sc2ccccc2N1C. The molecule has 2 heterocycles. The lowest BCUT2D eigenvalue weighted by molar-refractivity contribution is 0.432. The van der Waals surface area contributed by atoms with Gasteiger partial charge in [0.2, 0.25) is 5.88 Å². The fourth-order valence-electron chi connectivity index (χ4n) is 3.20. The lowest BCUT2D eigenvalue weighted by Gasteiger charge is -2.18. The first-order valence-corrected chi connectivity index (χ1v) is 11.1. The molecule has 0 amide bonds. The van der Waals surface area contributed by atoms with Crippen molar-refractivity contribution in [2.75, 3.05) is 11.9 Å². The van der Waals surface area contributed by atoms with Gasteiger partial charge in [-0.2, -0.15) is 13.5 Å². The van der Waals surface area contributed by atoms with Crippen LogP contribution in [0.3, 0.4) is 0 Å². The molecule has 0 saturated carbocycles. The van der Waals surface area contributed by atoms with Gasteiger partial charge in [0.15, 0.2) is 0 Å². The lowest BCUT2D eigenvalue weighted by Crippen LogP contribution is -2.21. The summed E-state index contributed by atoms with van der Waals surface area (Å²) in [5.41, 5.74) is 2.88. The van der Waals surface area contributed by atoms with Gasteiger partial charge < -0.3 is 10.0 Å². The zero-order valence-corrected chi connectivity index (χ0v) is 17.4. The van der Waals surface area contributed by atoms with Crippen molar-refractivity contribution in [2.24, 2.45) is 0 Å². The normalized spacial score (nSPS) is 16.5. The Labute approximate surface area is 173 Å². The quantitative estimate of drug-likeness (QED) is 0.610. The first-order chi connectivity index (χ1) is 13.8. The molecule has 0 fully saturated rings. The Morgan fingerprint density at radius 1 is 1.14 bits per heavy atom. The zero-order valence-electron chi connectivity index (χ0n) is 15.7. The van der Waals surface area contributed by atoms with Gasteiger partial charge >= 0.3 is 0 Å². The van der Waals surface area contributed by atoms with Crippen LogP contribution in [-0.4, -0.2) is 40.3 Å². The topological polar surface area (TPSA) is 95.7 Å². The minimum atomic E-state index is -4.27. The molecule has 1 aliphatic rings. The minimum absolute atomic E-state index is 0.0403. The molecule has 150 valence electrons. The van der Waals surface area contributed by atoms with E-state index in [0.29, 0.717) is 16.9 Å². The van der Waals surface area contributed by atoms with E-state index in [2.05, 4.69) is 22.1 Å². The van der Waals surface area contributed by atoms with Crippen LogP contribution in [0.5, 0.6) is 5.88 Å². The van der Waals surface area contributed by atoms with E-state index in [0.717, 1.165) is 0 Å². The summed E-state index contributed by atoms with van der Waals surface area (Å²) in [6.07, 6.45) is 3.86. The van der Waals surface area contributed by atoms with E-state index < -0.39 is 10.1 Å². The highest BCUT2D eigenvalue weighted by Crippen LogP contribution is 2.43. The Bertz CT molecular complexity index is 1200. The summed E-state index contributed by atoms with van der Waals surface area (Å²) in [5.74, 6) is -0.0403. The molecule has 2 N–H and O–H groups in total.